The van der Waals surface area contributed by atoms with Gasteiger partial charge in [0.05, 0.1) is 47.2 Å². The fourth-order valence-electron chi connectivity index (χ4n) is 3.35. The number of benzene rings is 3. The van der Waals surface area contributed by atoms with Crippen LogP contribution in [-0.2, 0) is 0 Å². The second-order valence-electron chi connectivity index (χ2n) is 6.01. The Bertz CT molecular complexity index is 921. The molecule has 0 aliphatic carbocycles. The number of ether oxygens (including phenoxy) is 4. The highest BCUT2D eigenvalue weighted by Crippen LogP contribution is 2.51. The van der Waals surface area contributed by atoms with E-state index in [4.69, 9.17) is 42.1 Å². The summed E-state index contributed by atoms with van der Waals surface area (Å²) in [6, 6.07) is 7.43. The van der Waals surface area contributed by atoms with E-state index in [1.165, 1.54) is 0 Å². The van der Waals surface area contributed by atoms with E-state index in [1.54, 1.807) is 0 Å². The summed E-state index contributed by atoms with van der Waals surface area (Å²) in [5, 5.41) is 4.17. The van der Waals surface area contributed by atoms with Crippen LogP contribution in [0.15, 0.2) is 24.3 Å². The smallest absolute Gasteiger partial charge is 0.139 e. The standard InChI is InChI=1S/C22H24Cl2O4/c1-5-25-17-9-10-18(26-6-2)20-19(17)21(27-7-3)13-11-15(23)16(24)12-14(13)22(20)28-8-4/h9-12H,5-8H2,1-4H3. The van der Waals surface area contributed by atoms with Crippen molar-refractivity contribution in [1.82, 2.24) is 0 Å². The molecule has 4 nitrogen and oxygen atoms in total. The van der Waals surface area contributed by atoms with Crippen molar-refractivity contribution >= 4 is 44.7 Å². The Balaban J connectivity index is 2.59. The molecule has 0 unspecified atom stereocenters. The molecule has 0 radical (unpaired) electrons. The molecule has 28 heavy (non-hydrogen) atoms. The molecular weight excluding hydrogens is 399 g/mol. The highest BCUT2D eigenvalue weighted by Gasteiger charge is 2.24. The van der Waals surface area contributed by atoms with Crippen molar-refractivity contribution in [2.24, 2.45) is 0 Å². The molecule has 0 spiro atoms. The predicted octanol–water partition coefficient (Wildman–Crippen LogP) is 6.89. The van der Waals surface area contributed by atoms with E-state index in [-0.39, 0.29) is 0 Å². The lowest BCUT2D eigenvalue weighted by atomic mass is 9.98. The lowest BCUT2D eigenvalue weighted by Gasteiger charge is -2.21. The molecule has 0 atom stereocenters. The molecule has 0 saturated carbocycles. The van der Waals surface area contributed by atoms with Gasteiger partial charge in [-0.1, -0.05) is 23.2 Å². The predicted molar refractivity (Wildman–Crippen MR) is 116 cm³/mol. The van der Waals surface area contributed by atoms with E-state index in [0.717, 1.165) is 21.5 Å². The van der Waals surface area contributed by atoms with Crippen LogP contribution >= 0.6 is 23.2 Å². The Morgan fingerprint density at radius 2 is 0.964 bits per heavy atom. The lowest BCUT2D eigenvalue weighted by Crippen LogP contribution is -2.03. The Morgan fingerprint density at radius 3 is 1.29 bits per heavy atom. The zero-order chi connectivity index (χ0) is 20.3. The molecule has 0 aromatic heterocycles. The minimum absolute atomic E-state index is 0.454. The van der Waals surface area contributed by atoms with Crippen molar-refractivity contribution in [2.45, 2.75) is 27.7 Å². The van der Waals surface area contributed by atoms with Gasteiger partial charge in [0, 0.05) is 10.8 Å². The average Bonchev–Trinajstić information content (AvgIpc) is 2.67. The van der Waals surface area contributed by atoms with Crippen molar-refractivity contribution in [2.75, 3.05) is 26.4 Å². The number of fused-ring (bicyclic) bond motifs is 2. The molecule has 150 valence electrons. The molecule has 0 N–H and O–H groups in total. The van der Waals surface area contributed by atoms with E-state index >= 15 is 0 Å². The molecule has 0 saturated heterocycles. The summed E-state index contributed by atoms with van der Waals surface area (Å²) in [5.41, 5.74) is 0. The third-order valence-electron chi connectivity index (χ3n) is 4.31. The van der Waals surface area contributed by atoms with Gasteiger partial charge >= 0.3 is 0 Å². The number of rotatable bonds is 8. The normalized spacial score (nSPS) is 11.1. The first-order valence-corrected chi connectivity index (χ1v) is 10.2. The second kappa shape index (κ2) is 8.97. The van der Waals surface area contributed by atoms with Crippen molar-refractivity contribution in [3.05, 3.63) is 34.3 Å². The van der Waals surface area contributed by atoms with Crippen molar-refractivity contribution < 1.29 is 18.9 Å². The van der Waals surface area contributed by atoms with Crippen LogP contribution in [-0.4, -0.2) is 26.4 Å². The Kier molecular flexibility index (Phi) is 6.63. The highest BCUT2D eigenvalue weighted by atomic mass is 35.5. The van der Waals surface area contributed by atoms with E-state index in [0.29, 0.717) is 59.5 Å². The molecule has 6 heteroatoms. The lowest BCUT2D eigenvalue weighted by molar-refractivity contribution is 0.324. The Hall–Kier alpha value is -2.04. The first-order chi connectivity index (χ1) is 13.6. The van der Waals surface area contributed by atoms with Crippen LogP contribution in [0.3, 0.4) is 0 Å². The van der Waals surface area contributed by atoms with Crippen LogP contribution in [0.2, 0.25) is 10.0 Å². The van der Waals surface area contributed by atoms with Gasteiger partial charge < -0.3 is 18.9 Å². The van der Waals surface area contributed by atoms with Gasteiger partial charge in [0.2, 0.25) is 0 Å². The summed E-state index contributed by atoms with van der Waals surface area (Å²) in [5.74, 6) is 2.77. The van der Waals surface area contributed by atoms with Crippen LogP contribution in [0.4, 0.5) is 0 Å². The van der Waals surface area contributed by atoms with Gasteiger partial charge in [-0.15, -0.1) is 0 Å². The van der Waals surface area contributed by atoms with Gasteiger partial charge in [-0.25, -0.2) is 0 Å². The third kappa shape index (κ3) is 3.63. The molecular formula is C22H24Cl2O4. The largest absolute Gasteiger partial charge is 0.493 e. The molecule has 3 aromatic rings. The molecule has 0 heterocycles. The van der Waals surface area contributed by atoms with Gasteiger partial charge in [0.1, 0.15) is 23.0 Å². The number of halogens is 2. The van der Waals surface area contributed by atoms with Gasteiger partial charge in [-0.3, -0.25) is 0 Å². The maximum atomic E-state index is 6.34. The SMILES string of the molecule is CCOc1ccc(OCC)c2c(OCC)c3cc(Cl)c(Cl)cc3c(OCC)c12. The van der Waals surface area contributed by atoms with Crippen LogP contribution in [0, 0.1) is 0 Å². The van der Waals surface area contributed by atoms with E-state index in [2.05, 4.69) is 0 Å². The average molecular weight is 423 g/mol. The van der Waals surface area contributed by atoms with Crippen LogP contribution in [0.1, 0.15) is 27.7 Å². The number of hydrogen-bond donors (Lipinski definition) is 0. The first kappa shape index (κ1) is 20.7. The summed E-state index contributed by atoms with van der Waals surface area (Å²) in [6.45, 7) is 9.81. The van der Waals surface area contributed by atoms with Crippen LogP contribution in [0.5, 0.6) is 23.0 Å². The van der Waals surface area contributed by atoms with Gasteiger partial charge in [-0.05, 0) is 52.0 Å². The summed E-state index contributed by atoms with van der Waals surface area (Å²) < 4.78 is 24.0. The molecule has 0 aliphatic heterocycles. The number of hydrogen-bond acceptors (Lipinski definition) is 4. The zero-order valence-electron chi connectivity index (χ0n) is 16.5. The minimum Gasteiger partial charge on any atom is -0.493 e. The van der Waals surface area contributed by atoms with Crippen molar-refractivity contribution in [1.29, 1.82) is 0 Å². The summed E-state index contributed by atoms with van der Waals surface area (Å²) in [6.07, 6.45) is 0. The topological polar surface area (TPSA) is 36.9 Å². The fourth-order valence-corrected chi connectivity index (χ4v) is 3.67. The van der Waals surface area contributed by atoms with Gasteiger partial charge in [0.25, 0.3) is 0 Å². The van der Waals surface area contributed by atoms with Crippen molar-refractivity contribution in [3.63, 3.8) is 0 Å². The molecule has 3 aromatic carbocycles. The maximum absolute atomic E-state index is 6.34. The molecule has 0 fully saturated rings. The zero-order valence-corrected chi connectivity index (χ0v) is 18.0. The Morgan fingerprint density at radius 1 is 0.607 bits per heavy atom. The van der Waals surface area contributed by atoms with Crippen molar-refractivity contribution in [3.8, 4) is 23.0 Å². The van der Waals surface area contributed by atoms with Crippen LogP contribution < -0.4 is 18.9 Å². The second-order valence-corrected chi connectivity index (χ2v) is 6.83. The third-order valence-corrected chi connectivity index (χ3v) is 5.03. The summed E-state index contributed by atoms with van der Waals surface area (Å²) in [7, 11) is 0. The first-order valence-electron chi connectivity index (χ1n) is 9.49. The van der Waals surface area contributed by atoms with Gasteiger partial charge in [0.15, 0.2) is 0 Å². The monoisotopic (exact) mass is 422 g/mol. The highest BCUT2D eigenvalue weighted by molar-refractivity contribution is 6.43. The van der Waals surface area contributed by atoms with Crippen LogP contribution in [0.25, 0.3) is 21.5 Å². The van der Waals surface area contributed by atoms with E-state index in [9.17, 15) is 0 Å². The summed E-state index contributed by atoms with van der Waals surface area (Å²) >= 11 is 12.7. The molecule has 0 amide bonds. The Labute approximate surface area is 175 Å². The van der Waals surface area contributed by atoms with E-state index in [1.807, 2.05) is 52.0 Å². The molecule has 0 bridgehead atoms. The summed E-state index contributed by atoms with van der Waals surface area (Å²) in [4.78, 5) is 0. The fraction of sp³-hybridized carbons (Fsp3) is 0.364. The molecule has 0 aliphatic rings. The minimum atomic E-state index is 0.454. The molecule has 3 rings (SSSR count). The van der Waals surface area contributed by atoms with E-state index < -0.39 is 0 Å². The quantitative estimate of drug-likeness (QED) is 0.370. The van der Waals surface area contributed by atoms with Gasteiger partial charge in [-0.2, -0.15) is 0 Å². The maximum Gasteiger partial charge on any atom is 0.139 e.